The van der Waals surface area contributed by atoms with Gasteiger partial charge in [0, 0.05) is 11.9 Å². The summed E-state index contributed by atoms with van der Waals surface area (Å²) in [5.74, 6) is 1.03. The maximum absolute atomic E-state index is 5.99. The molecule has 0 saturated heterocycles. The maximum atomic E-state index is 5.99. The van der Waals surface area contributed by atoms with Crippen molar-refractivity contribution in [3.8, 4) is 0 Å². The van der Waals surface area contributed by atoms with Crippen LogP contribution in [0.5, 0.6) is 0 Å². The Hall–Kier alpha value is -1.32. The van der Waals surface area contributed by atoms with Crippen LogP contribution >= 0.6 is 0 Å². The first-order valence-corrected chi connectivity index (χ1v) is 7.39. The summed E-state index contributed by atoms with van der Waals surface area (Å²) in [4.78, 5) is 2.42. The van der Waals surface area contributed by atoms with Gasteiger partial charge in [-0.15, -0.1) is 0 Å². The first kappa shape index (κ1) is 15.1. The number of para-hydroxylation sites is 1. The molecule has 1 heterocycles. The quantitative estimate of drug-likeness (QED) is 0.871. The lowest BCUT2D eigenvalue weighted by atomic mass is 9.92. The first-order valence-electron chi connectivity index (χ1n) is 7.39. The highest BCUT2D eigenvalue weighted by molar-refractivity contribution is 5.77. The fourth-order valence-electron chi connectivity index (χ4n) is 2.53. The van der Waals surface area contributed by atoms with Crippen molar-refractivity contribution in [2.75, 3.05) is 19.6 Å². The smallest absolute Gasteiger partial charge is 0.134 e. The molecule has 1 aromatic carbocycles. The van der Waals surface area contributed by atoms with Crippen LogP contribution < -0.4 is 5.73 Å². The molecule has 0 amide bonds. The maximum Gasteiger partial charge on any atom is 0.134 e. The zero-order valence-electron chi connectivity index (χ0n) is 13.0. The molecule has 2 rings (SSSR count). The lowest BCUT2D eigenvalue weighted by Crippen LogP contribution is -2.39. The Kier molecular flexibility index (Phi) is 4.51. The largest absolute Gasteiger partial charge is 0.459 e. The van der Waals surface area contributed by atoms with Gasteiger partial charge in [0.1, 0.15) is 11.3 Å². The molecule has 0 aliphatic rings. The van der Waals surface area contributed by atoms with Gasteiger partial charge < -0.3 is 10.2 Å². The summed E-state index contributed by atoms with van der Waals surface area (Å²) in [6.07, 6.45) is 0. The van der Waals surface area contributed by atoms with E-state index in [0.29, 0.717) is 6.54 Å². The van der Waals surface area contributed by atoms with Crippen LogP contribution in [-0.2, 0) is 0 Å². The van der Waals surface area contributed by atoms with Crippen LogP contribution in [0.3, 0.4) is 0 Å². The highest BCUT2D eigenvalue weighted by atomic mass is 16.3. The van der Waals surface area contributed by atoms with Crippen molar-refractivity contribution >= 4 is 11.0 Å². The Morgan fingerprint density at radius 1 is 1.30 bits per heavy atom. The van der Waals surface area contributed by atoms with Gasteiger partial charge in [-0.25, -0.2) is 0 Å². The summed E-state index contributed by atoms with van der Waals surface area (Å²) in [6.45, 7) is 11.5. The van der Waals surface area contributed by atoms with Gasteiger partial charge in [0.15, 0.2) is 0 Å². The molecule has 0 aliphatic heterocycles. The number of nitrogens with two attached hydrogens (primary N) is 1. The van der Waals surface area contributed by atoms with E-state index in [1.165, 1.54) is 5.39 Å². The minimum Gasteiger partial charge on any atom is -0.459 e. The highest BCUT2D eigenvalue weighted by Gasteiger charge is 2.25. The molecule has 0 bridgehead atoms. The number of rotatable bonds is 6. The van der Waals surface area contributed by atoms with Crippen molar-refractivity contribution in [2.45, 2.75) is 33.7 Å². The van der Waals surface area contributed by atoms with Crippen LogP contribution in [0.1, 0.15) is 39.5 Å². The molecule has 0 fully saturated rings. The van der Waals surface area contributed by atoms with Crippen molar-refractivity contribution in [1.82, 2.24) is 4.90 Å². The molecule has 1 unspecified atom stereocenters. The molecular formula is C17H26N2O. The number of furan rings is 1. The van der Waals surface area contributed by atoms with Gasteiger partial charge in [-0.05, 0) is 37.6 Å². The number of benzene rings is 1. The standard InChI is InChI=1S/C17H26N2O/c1-5-19(12-17(3,4)11-18)13(2)16-10-14-8-6-7-9-15(14)20-16/h6-10,13H,5,11-12,18H2,1-4H3. The van der Waals surface area contributed by atoms with Crippen LogP contribution in [-0.4, -0.2) is 24.5 Å². The van der Waals surface area contributed by atoms with Crippen molar-refractivity contribution in [3.63, 3.8) is 0 Å². The Labute approximate surface area is 121 Å². The molecule has 0 aliphatic carbocycles. The normalized spacial score (nSPS) is 14.1. The average Bonchev–Trinajstić information content (AvgIpc) is 2.88. The number of hydrogen-bond donors (Lipinski definition) is 1. The van der Waals surface area contributed by atoms with Gasteiger partial charge in [-0.1, -0.05) is 39.0 Å². The third kappa shape index (κ3) is 3.22. The second kappa shape index (κ2) is 5.98. The second-order valence-corrected chi connectivity index (χ2v) is 6.29. The van der Waals surface area contributed by atoms with Crippen LogP contribution in [0.2, 0.25) is 0 Å². The fraction of sp³-hybridized carbons (Fsp3) is 0.529. The lowest BCUT2D eigenvalue weighted by Gasteiger charge is -2.34. The van der Waals surface area contributed by atoms with E-state index in [-0.39, 0.29) is 11.5 Å². The van der Waals surface area contributed by atoms with Crippen LogP contribution in [0.25, 0.3) is 11.0 Å². The first-order chi connectivity index (χ1) is 9.46. The third-order valence-corrected chi connectivity index (χ3v) is 3.99. The van der Waals surface area contributed by atoms with E-state index >= 15 is 0 Å². The number of fused-ring (bicyclic) bond motifs is 1. The van der Waals surface area contributed by atoms with Crippen LogP contribution in [0.15, 0.2) is 34.7 Å². The van der Waals surface area contributed by atoms with E-state index in [0.717, 1.165) is 24.4 Å². The lowest BCUT2D eigenvalue weighted by molar-refractivity contribution is 0.135. The number of nitrogens with zero attached hydrogens (tertiary/aromatic N) is 1. The predicted octanol–water partition coefficient (Wildman–Crippen LogP) is 3.80. The molecular weight excluding hydrogens is 248 g/mol. The fourth-order valence-corrected chi connectivity index (χ4v) is 2.53. The molecule has 0 spiro atoms. The zero-order chi connectivity index (χ0) is 14.8. The SMILES string of the molecule is CCN(CC(C)(C)CN)C(C)c1cc2ccccc2o1. The van der Waals surface area contributed by atoms with E-state index in [1.807, 2.05) is 18.2 Å². The Bertz CT molecular complexity index is 526. The minimum atomic E-state index is 0.121. The van der Waals surface area contributed by atoms with E-state index in [4.69, 9.17) is 10.2 Å². The van der Waals surface area contributed by atoms with E-state index < -0.39 is 0 Å². The van der Waals surface area contributed by atoms with E-state index in [1.54, 1.807) is 0 Å². The van der Waals surface area contributed by atoms with Gasteiger partial charge >= 0.3 is 0 Å². The molecule has 2 N–H and O–H groups in total. The molecule has 0 saturated carbocycles. The average molecular weight is 274 g/mol. The van der Waals surface area contributed by atoms with Crippen molar-refractivity contribution < 1.29 is 4.42 Å². The number of hydrogen-bond acceptors (Lipinski definition) is 3. The molecule has 110 valence electrons. The van der Waals surface area contributed by atoms with Crippen LogP contribution in [0, 0.1) is 5.41 Å². The van der Waals surface area contributed by atoms with Gasteiger partial charge in [0.05, 0.1) is 6.04 Å². The third-order valence-electron chi connectivity index (χ3n) is 3.99. The summed E-state index contributed by atoms with van der Waals surface area (Å²) in [5, 5.41) is 1.17. The van der Waals surface area contributed by atoms with Gasteiger partial charge in [0.25, 0.3) is 0 Å². The summed E-state index contributed by atoms with van der Waals surface area (Å²) in [6, 6.07) is 10.6. The molecule has 0 radical (unpaired) electrons. The second-order valence-electron chi connectivity index (χ2n) is 6.29. The molecule has 20 heavy (non-hydrogen) atoms. The summed E-state index contributed by atoms with van der Waals surface area (Å²) >= 11 is 0. The van der Waals surface area contributed by atoms with Crippen molar-refractivity contribution in [1.29, 1.82) is 0 Å². The van der Waals surface area contributed by atoms with Gasteiger partial charge in [-0.3, -0.25) is 4.90 Å². The minimum absolute atomic E-state index is 0.121. The summed E-state index contributed by atoms with van der Waals surface area (Å²) in [7, 11) is 0. The predicted molar refractivity (Wildman–Crippen MR) is 84.7 cm³/mol. The Morgan fingerprint density at radius 3 is 2.60 bits per heavy atom. The van der Waals surface area contributed by atoms with Crippen LogP contribution in [0.4, 0.5) is 0 Å². The summed E-state index contributed by atoms with van der Waals surface area (Å²) in [5.41, 5.74) is 6.94. The molecule has 3 nitrogen and oxygen atoms in total. The van der Waals surface area contributed by atoms with Crippen molar-refractivity contribution in [2.24, 2.45) is 11.1 Å². The molecule has 1 atom stereocenters. The molecule has 3 heteroatoms. The highest BCUT2D eigenvalue weighted by Crippen LogP contribution is 2.29. The summed E-state index contributed by atoms with van der Waals surface area (Å²) < 4.78 is 5.99. The monoisotopic (exact) mass is 274 g/mol. The van der Waals surface area contributed by atoms with E-state index in [2.05, 4.69) is 44.7 Å². The van der Waals surface area contributed by atoms with E-state index in [9.17, 15) is 0 Å². The van der Waals surface area contributed by atoms with Crippen molar-refractivity contribution in [3.05, 3.63) is 36.1 Å². The molecule has 1 aromatic heterocycles. The molecule has 2 aromatic rings. The van der Waals surface area contributed by atoms with Gasteiger partial charge in [-0.2, -0.15) is 0 Å². The Balaban J connectivity index is 2.21. The zero-order valence-corrected chi connectivity index (χ0v) is 13.0. The topological polar surface area (TPSA) is 42.4 Å². The Morgan fingerprint density at radius 2 is 2.00 bits per heavy atom. The van der Waals surface area contributed by atoms with Gasteiger partial charge in [0.2, 0.25) is 0 Å².